The molecule has 3 aliphatic heterocycles. The van der Waals surface area contributed by atoms with E-state index in [1.54, 1.807) is 6.20 Å². The predicted octanol–water partition coefficient (Wildman–Crippen LogP) is 0.0255. The number of fused-ring (bicyclic) bond motifs is 1. The Morgan fingerprint density at radius 3 is 2.65 bits per heavy atom. The summed E-state index contributed by atoms with van der Waals surface area (Å²) in [4.78, 5) is 14.5. The van der Waals surface area contributed by atoms with Crippen molar-refractivity contribution in [1.29, 1.82) is 0 Å². The minimum absolute atomic E-state index is 0.117. The molecule has 0 aromatic heterocycles. The van der Waals surface area contributed by atoms with Crippen molar-refractivity contribution >= 4 is 37.4 Å². The third-order valence-electron chi connectivity index (χ3n) is 4.86. The van der Waals surface area contributed by atoms with Gasteiger partial charge in [0.15, 0.2) is 9.84 Å². The standard InChI is InChI=1S/C16H20BrN5O3S/c1-10-8-11(17)2-3-13(10)22-9-12-14(20-22)18-16(19-15(12)23)21-4-6-26(24,25)7-5-21/h2-3,8-9,14,16,18,20H,4-7H2,1H3,(H,19,23). The van der Waals surface area contributed by atoms with Gasteiger partial charge in [0.05, 0.1) is 22.8 Å². The van der Waals surface area contributed by atoms with Crippen LogP contribution in [0.5, 0.6) is 0 Å². The summed E-state index contributed by atoms with van der Waals surface area (Å²) in [6, 6.07) is 5.95. The van der Waals surface area contributed by atoms with E-state index < -0.39 is 16.1 Å². The Hall–Kier alpha value is -1.46. The van der Waals surface area contributed by atoms with Crippen LogP contribution in [-0.2, 0) is 14.6 Å². The van der Waals surface area contributed by atoms with Crippen molar-refractivity contribution in [3.63, 3.8) is 0 Å². The highest BCUT2D eigenvalue weighted by Crippen LogP contribution is 2.27. The molecule has 8 nitrogen and oxygen atoms in total. The Labute approximate surface area is 160 Å². The first-order valence-corrected chi connectivity index (χ1v) is 11.0. The molecule has 2 atom stereocenters. The number of nitrogens with zero attached hydrogens (tertiary/aromatic N) is 2. The van der Waals surface area contributed by atoms with E-state index in [4.69, 9.17) is 0 Å². The number of sulfone groups is 1. The van der Waals surface area contributed by atoms with Gasteiger partial charge in [0.1, 0.15) is 12.5 Å². The molecule has 3 aliphatic rings. The van der Waals surface area contributed by atoms with E-state index in [1.165, 1.54) is 0 Å². The molecular formula is C16H20BrN5O3S. The van der Waals surface area contributed by atoms with Crippen LogP contribution in [0, 0.1) is 6.92 Å². The van der Waals surface area contributed by atoms with Gasteiger partial charge >= 0.3 is 0 Å². The second-order valence-corrected chi connectivity index (χ2v) is 9.90. The maximum Gasteiger partial charge on any atom is 0.254 e. The Morgan fingerprint density at radius 2 is 1.96 bits per heavy atom. The number of hydrazine groups is 1. The van der Waals surface area contributed by atoms with E-state index >= 15 is 0 Å². The number of anilines is 1. The lowest BCUT2D eigenvalue weighted by atomic mass is 10.1. The van der Waals surface area contributed by atoms with Gasteiger partial charge < -0.3 is 5.32 Å². The van der Waals surface area contributed by atoms with Crippen molar-refractivity contribution in [2.45, 2.75) is 19.4 Å². The molecule has 1 aromatic carbocycles. The summed E-state index contributed by atoms with van der Waals surface area (Å²) in [5, 5.41) is 8.11. The van der Waals surface area contributed by atoms with Gasteiger partial charge in [-0.1, -0.05) is 15.9 Å². The Balaban J connectivity index is 1.49. The molecule has 4 rings (SSSR count). The fraction of sp³-hybridized carbons (Fsp3) is 0.438. The fourth-order valence-electron chi connectivity index (χ4n) is 3.39. The van der Waals surface area contributed by atoms with E-state index in [2.05, 4.69) is 32.0 Å². The highest BCUT2D eigenvalue weighted by molar-refractivity contribution is 9.10. The van der Waals surface area contributed by atoms with Crippen LogP contribution < -0.4 is 21.1 Å². The van der Waals surface area contributed by atoms with E-state index in [0.29, 0.717) is 18.7 Å². The van der Waals surface area contributed by atoms with Gasteiger partial charge in [0.25, 0.3) is 5.91 Å². The van der Waals surface area contributed by atoms with Gasteiger partial charge in [0.2, 0.25) is 0 Å². The van der Waals surface area contributed by atoms with E-state index in [1.807, 2.05) is 35.0 Å². The predicted molar refractivity (Wildman–Crippen MR) is 102 cm³/mol. The van der Waals surface area contributed by atoms with Crippen molar-refractivity contribution in [3.05, 3.63) is 40.0 Å². The smallest absolute Gasteiger partial charge is 0.254 e. The summed E-state index contributed by atoms with van der Waals surface area (Å²) in [5.74, 6) is 0.0786. The highest BCUT2D eigenvalue weighted by atomic mass is 79.9. The SMILES string of the molecule is Cc1cc(Br)ccc1N1C=C2C(=O)NC(N3CCS(=O)(=O)CC3)NC2N1. The molecule has 0 radical (unpaired) electrons. The van der Waals surface area contributed by atoms with Crippen molar-refractivity contribution < 1.29 is 13.2 Å². The normalized spacial score (nSPS) is 28.5. The number of halogens is 1. The van der Waals surface area contributed by atoms with Gasteiger partial charge in [-0.15, -0.1) is 0 Å². The minimum atomic E-state index is -2.96. The molecule has 10 heteroatoms. The first-order chi connectivity index (χ1) is 12.3. The number of amides is 1. The lowest BCUT2D eigenvalue weighted by Crippen LogP contribution is -2.68. The number of hydrogen-bond donors (Lipinski definition) is 3. The first kappa shape index (κ1) is 17.9. The monoisotopic (exact) mass is 441 g/mol. The van der Waals surface area contributed by atoms with Crippen LogP contribution in [0.4, 0.5) is 5.69 Å². The van der Waals surface area contributed by atoms with Gasteiger partial charge in [0, 0.05) is 23.8 Å². The van der Waals surface area contributed by atoms with Crippen molar-refractivity contribution in [3.8, 4) is 0 Å². The molecule has 0 bridgehead atoms. The van der Waals surface area contributed by atoms with Gasteiger partial charge in [-0.05, 0) is 30.7 Å². The van der Waals surface area contributed by atoms with Crippen molar-refractivity contribution in [2.75, 3.05) is 29.6 Å². The Bertz CT molecular complexity index is 874. The van der Waals surface area contributed by atoms with Crippen LogP contribution in [0.25, 0.3) is 0 Å². The second kappa shape index (κ2) is 6.61. The van der Waals surface area contributed by atoms with Crippen LogP contribution >= 0.6 is 15.9 Å². The molecule has 2 fully saturated rings. The van der Waals surface area contributed by atoms with Crippen molar-refractivity contribution in [1.82, 2.24) is 21.0 Å². The van der Waals surface area contributed by atoms with E-state index in [9.17, 15) is 13.2 Å². The first-order valence-electron chi connectivity index (χ1n) is 8.37. The summed E-state index contributed by atoms with van der Waals surface area (Å²) in [6.07, 6.45) is 1.08. The molecule has 2 unspecified atom stereocenters. The van der Waals surface area contributed by atoms with E-state index in [-0.39, 0.29) is 23.6 Å². The van der Waals surface area contributed by atoms with Crippen LogP contribution in [0.1, 0.15) is 5.56 Å². The molecule has 26 heavy (non-hydrogen) atoms. The molecule has 0 aliphatic carbocycles. The molecule has 1 aromatic rings. The minimum Gasteiger partial charge on any atom is -0.324 e. The summed E-state index contributed by atoms with van der Waals surface area (Å²) in [6.45, 7) is 2.82. The average Bonchev–Trinajstić information content (AvgIpc) is 2.99. The lowest BCUT2D eigenvalue weighted by molar-refractivity contribution is -0.122. The second-order valence-electron chi connectivity index (χ2n) is 6.68. The summed E-state index contributed by atoms with van der Waals surface area (Å²) in [7, 11) is -2.96. The number of nitrogens with one attached hydrogen (secondary N) is 3. The number of hydrogen-bond acceptors (Lipinski definition) is 7. The molecular weight excluding hydrogens is 422 g/mol. The third-order valence-corrected chi connectivity index (χ3v) is 6.97. The van der Waals surface area contributed by atoms with Crippen LogP contribution in [0.15, 0.2) is 34.4 Å². The molecule has 2 saturated heterocycles. The maximum absolute atomic E-state index is 12.5. The molecule has 3 N–H and O–H groups in total. The average molecular weight is 442 g/mol. The largest absolute Gasteiger partial charge is 0.324 e. The van der Waals surface area contributed by atoms with Gasteiger partial charge in [-0.3, -0.25) is 20.0 Å². The molecule has 140 valence electrons. The number of carbonyl (C=O) groups is 1. The quantitative estimate of drug-likeness (QED) is 0.595. The third kappa shape index (κ3) is 3.39. The molecule has 0 saturated carbocycles. The molecule has 3 heterocycles. The summed E-state index contributed by atoms with van der Waals surface area (Å²) in [5.41, 5.74) is 5.93. The fourth-order valence-corrected chi connectivity index (χ4v) is 5.10. The topological polar surface area (TPSA) is 93.8 Å². The summed E-state index contributed by atoms with van der Waals surface area (Å²) >= 11 is 3.46. The zero-order valence-electron chi connectivity index (χ0n) is 14.2. The number of aryl methyl sites for hydroxylation is 1. The summed E-state index contributed by atoms with van der Waals surface area (Å²) < 4.78 is 24.2. The zero-order valence-corrected chi connectivity index (χ0v) is 16.6. The van der Waals surface area contributed by atoms with Gasteiger partial charge in [-0.2, -0.15) is 0 Å². The Morgan fingerprint density at radius 1 is 1.23 bits per heavy atom. The van der Waals surface area contributed by atoms with Crippen LogP contribution in [0.3, 0.4) is 0 Å². The van der Waals surface area contributed by atoms with Crippen molar-refractivity contribution in [2.24, 2.45) is 0 Å². The Kier molecular flexibility index (Phi) is 4.56. The highest BCUT2D eigenvalue weighted by Gasteiger charge is 2.39. The van der Waals surface area contributed by atoms with Crippen LogP contribution in [-0.4, -0.2) is 56.3 Å². The lowest BCUT2D eigenvalue weighted by Gasteiger charge is -2.39. The van der Waals surface area contributed by atoms with Gasteiger partial charge in [-0.25, -0.2) is 13.8 Å². The molecule has 0 spiro atoms. The van der Waals surface area contributed by atoms with E-state index in [0.717, 1.165) is 15.7 Å². The number of rotatable bonds is 2. The maximum atomic E-state index is 12.5. The number of carbonyl (C=O) groups excluding carboxylic acids is 1. The number of benzene rings is 1. The van der Waals surface area contributed by atoms with Crippen LogP contribution in [0.2, 0.25) is 0 Å². The molecule has 1 amide bonds. The zero-order chi connectivity index (χ0) is 18.5.